The molecule has 1 atom stereocenters. The molecular weight excluding hydrogens is 222 g/mol. The topological polar surface area (TPSA) is 71.5 Å². The molecule has 0 aromatic carbocycles. The molecule has 0 bridgehead atoms. The molecule has 1 unspecified atom stereocenters. The van der Waals surface area contributed by atoms with Gasteiger partial charge in [0, 0.05) is 24.1 Å². The molecule has 80 valence electrons. The molecule has 0 spiro atoms. The summed E-state index contributed by atoms with van der Waals surface area (Å²) in [5.74, 6) is -1.12. The van der Waals surface area contributed by atoms with Crippen LogP contribution < -0.4 is 9.84 Å². The average molecular weight is 231 g/mol. The lowest BCUT2D eigenvalue weighted by Crippen LogP contribution is -2.24. The lowest BCUT2D eigenvalue weighted by atomic mass is 10.1. The minimum Gasteiger partial charge on any atom is -0.312 e. The lowest BCUT2D eigenvalue weighted by Gasteiger charge is -2.15. The van der Waals surface area contributed by atoms with Gasteiger partial charge in [-0.2, -0.15) is 0 Å². The molecule has 0 saturated carbocycles. The minimum atomic E-state index is -2.87. The molecule has 2 heterocycles. The number of nitrogens with one attached hydrogen (secondary N) is 1. The van der Waals surface area contributed by atoms with E-state index in [1.165, 1.54) is 6.07 Å². The number of nitrogens with zero attached hydrogens (tertiary/aromatic N) is 1. The van der Waals surface area contributed by atoms with E-state index in [4.69, 9.17) is 4.89 Å². The van der Waals surface area contributed by atoms with E-state index >= 15 is 0 Å². The first kappa shape index (κ1) is 10.4. The van der Waals surface area contributed by atoms with Gasteiger partial charge in [0.15, 0.2) is 5.82 Å². The van der Waals surface area contributed by atoms with E-state index in [2.05, 4.69) is 14.8 Å². The van der Waals surface area contributed by atoms with Crippen molar-refractivity contribution in [2.24, 2.45) is 0 Å². The van der Waals surface area contributed by atoms with Gasteiger partial charge < -0.3 is 5.32 Å². The summed E-state index contributed by atoms with van der Waals surface area (Å²) in [5, 5.41) is 3.07. The van der Waals surface area contributed by atoms with E-state index in [0.29, 0.717) is 18.7 Å². The van der Waals surface area contributed by atoms with Crippen LogP contribution in [-0.4, -0.2) is 16.4 Å². The van der Waals surface area contributed by atoms with Gasteiger partial charge in [0.2, 0.25) is 0 Å². The Balaban J connectivity index is 2.36. The zero-order valence-corrected chi connectivity index (χ0v) is 8.63. The molecule has 1 aliphatic heterocycles. The Labute approximate surface area is 86.2 Å². The van der Waals surface area contributed by atoms with Gasteiger partial charge in [-0.1, -0.05) is 0 Å². The Morgan fingerprint density at radius 1 is 1.67 bits per heavy atom. The number of pyridine rings is 1. The van der Waals surface area contributed by atoms with Crippen LogP contribution in [0, 0.1) is 5.82 Å². The number of aromatic nitrogens is 1. The second kappa shape index (κ2) is 4.18. The van der Waals surface area contributed by atoms with E-state index in [1.807, 2.05) is 0 Å². The summed E-state index contributed by atoms with van der Waals surface area (Å²) in [5.41, 5.74) is 1.47. The predicted molar refractivity (Wildman–Crippen MR) is 50.1 cm³/mol. The van der Waals surface area contributed by atoms with Gasteiger partial charge >= 0.3 is 14.1 Å². The first-order chi connectivity index (χ1) is 7.16. The summed E-state index contributed by atoms with van der Waals surface area (Å²) in [6.07, 6.45) is 0.661. The van der Waals surface area contributed by atoms with Gasteiger partial charge in [0.05, 0.1) is 5.69 Å². The maximum absolute atomic E-state index is 13.3. The van der Waals surface area contributed by atoms with Gasteiger partial charge in [-0.05, 0) is 11.6 Å². The lowest BCUT2D eigenvalue weighted by molar-refractivity contribution is 0.388. The smallest absolute Gasteiger partial charge is 0.312 e. The minimum absolute atomic E-state index is 0.403. The molecule has 0 radical (unpaired) electrons. The Bertz CT molecular complexity index is 413. The summed E-state index contributed by atoms with van der Waals surface area (Å²) in [6, 6.07) is 1.28. The molecule has 5 nitrogen and oxygen atoms in total. The Hall–Kier alpha value is -1.10. The Morgan fingerprint density at radius 3 is 3.20 bits per heavy atom. The van der Waals surface area contributed by atoms with Crippen molar-refractivity contribution in [1.29, 1.82) is 0 Å². The quantitative estimate of drug-likeness (QED) is 0.740. The van der Waals surface area contributed by atoms with Crippen molar-refractivity contribution in [3.05, 3.63) is 23.1 Å². The number of hydrogen-bond acceptors (Lipinski definition) is 4. The molecule has 0 amide bonds. The van der Waals surface area contributed by atoms with Crippen molar-refractivity contribution in [3.63, 3.8) is 0 Å². The second-order valence-corrected chi connectivity index (χ2v) is 3.80. The van der Waals surface area contributed by atoms with E-state index in [1.54, 1.807) is 0 Å². The van der Waals surface area contributed by atoms with E-state index in [-0.39, 0.29) is 0 Å². The molecule has 1 aromatic rings. The van der Waals surface area contributed by atoms with Crippen LogP contribution in [0.2, 0.25) is 0 Å². The van der Waals surface area contributed by atoms with Crippen LogP contribution in [0.3, 0.4) is 0 Å². The summed E-state index contributed by atoms with van der Waals surface area (Å²) in [7, 11) is -2.87. The van der Waals surface area contributed by atoms with Crippen LogP contribution in [0.1, 0.15) is 11.3 Å². The summed E-state index contributed by atoms with van der Waals surface area (Å²) in [4.78, 5) is 12.4. The zero-order chi connectivity index (χ0) is 10.8. The van der Waals surface area contributed by atoms with Crippen LogP contribution in [-0.2, 0) is 17.5 Å². The zero-order valence-electron chi connectivity index (χ0n) is 7.73. The molecule has 0 saturated heterocycles. The maximum Gasteiger partial charge on any atom is 0.749 e. The van der Waals surface area contributed by atoms with E-state index < -0.39 is 20.0 Å². The number of hydrogen-bond donors (Lipinski definition) is 2. The fraction of sp³-hybridized carbons (Fsp3) is 0.375. The van der Waals surface area contributed by atoms with Crippen molar-refractivity contribution in [3.8, 4) is 5.88 Å². The molecule has 0 aliphatic carbocycles. The molecule has 7 heteroatoms. The van der Waals surface area contributed by atoms with Crippen molar-refractivity contribution in [2.75, 3.05) is 6.54 Å². The van der Waals surface area contributed by atoms with E-state index in [0.717, 1.165) is 12.1 Å². The molecular formula is C8H9FN2O3P+. The van der Waals surface area contributed by atoms with Gasteiger partial charge in [0.25, 0.3) is 0 Å². The van der Waals surface area contributed by atoms with Crippen molar-refractivity contribution >= 4 is 8.25 Å². The first-order valence-corrected chi connectivity index (χ1v) is 5.53. The highest BCUT2D eigenvalue weighted by atomic mass is 31.1. The van der Waals surface area contributed by atoms with Gasteiger partial charge in [-0.15, -0.1) is 4.89 Å². The average Bonchev–Trinajstić information content (AvgIpc) is 2.18. The fourth-order valence-electron chi connectivity index (χ4n) is 1.48. The summed E-state index contributed by atoms with van der Waals surface area (Å²) in [6.45, 7) is 1.32. The summed E-state index contributed by atoms with van der Waals surface area (Å²) < 4.78 is 28.0. The van der Waals surface area contributed by atoms with Crippen LogP contribution in [0.25, 0.3) is 0 Å². The third-order valence-electron chi connectivity index (χ3n) is 2.13. The van der Waals surface area contributed by atoms with Crippen molar-refractivity contribution in [2.45, 2.75) is 13.0 Å². The standard InChI is InChI=1S/C8H8FN2O3P/c9-6-3-5-4-10-2-1-7(5)11-8(6)14-15(12)13/h3,10H,1-2,4H2/p+1. The van der Waals surface area contributed by atoms with Crippen LogP contribution in [0.5, 0.6) is 5.88 Å². The molecule has 2 N–H and O–H groups in total. The monoisotopic (exact) mass is 231 g/mol. The molecule has 2 rings (SSSR count). The molecule has 15 heavy (non-hydrogen) atoms. The normalized spacial score (nSPS) is 15.7. The van der Waals surface area contributed by atoms with Crippen LogP contribution in [0.4, 0.5) is 4.39 Å². The highest BCUT2D eigenvalue weighted by molar-refractivity contribution is 7.32. The molecule has 1 aliphatic rings. The van der Waals surface area contributed by atoms with E-state index in [9.17, 15) is 8.96 Å². The Kier molecular flexibility index (Phi) is 2.90. The largest absolute Gasteiger partial charge is 0.749 e. The van der Waals surface area contributed by atoms with Crippen LogP contribution in [0.15, 0.2) is 6.07 Å². The van der Waals surface area contributed by atoms with Crippen LogP contribution >= 0.6 is 8.25 Å². The highest BCUT2D eigenvalue weighted by Gasteiger charge is 2.23. The second-order valence-electron chi connectivity index (χ2n) is 3.14. The summed E-state index contributed by atoms with van der Waals surface area (Å²) >= 11 is 0. The third kappa shape index (κ3) is 2.28. The molecule has 1 aromatic heterocycles. The first-order valence-electron chi connectivity index (χ1n) is 4.40. The van der Waals surface area contributed by atoms with Gasteiger partial charge in [-0.3, -0.25) is 0 Å². The van der Waals surface area contributed by atoms with Gasteiger partial charge in [-0.25, -0.2) is 13.9 Å². The van der Waals surface area contributed by atoms with Crippen molar-refractivity contribution in [1.82, 2.24) is 10.3 Å². The van der Waals surface area contributed by atoms with Gasteiger partial charge in [0.1, 0.15) is 0 Å². The number of halogens is 1. The predicted octanol–water partition coefficient (Wildman–Crippen LogP) is 0.895. The highest BCUT2D eigenvalue weighted by Crippen LogP contribution is 2.26. The number of rotatable bonds is 2. The molecule has 0 fully saturated rings. The fourth-order valence-corrected chi connectivity index (χ4v) is 1.76. The van der Waals surface area contributed by atoms with Crippen molar-refractivity contribution < 1.29 is 18.4 Å². The number of fused-ring (bicyclic) bond motifs is 1. The maximum atomic E-state index is 13.3. The third-order valence-corrected chi connectivity index (χ3v) is 2.46. The Morgan fingerprint density at radius 2 is 2.47 bits per heavy atom. The SMILES string of the molecule is O=[P+](O)Oc1nc2c(cc1F)CNCC2.